The first-order valence-electron chi connectivity index (χ1n) is 42.2. The number of hydroxylamine groups is 9. The summed E-state index contributed by atoms with van der Waals surface area (Å²) in [6, 6.07) is 35.9. The van der Waals surface area contributed by atoms with Crippen LogP contribution in [-0.2, 0) is 27.3 Å². The van der Waals surface area contributed by atoms with Gasteiger partial charge in [-0.25, -0.2) is 18.3 Å². The molecule has 8 aliphatic rings. The van der Waals surface area contributed by atoms with Crippen molar-refractivity contribution in [2.24, 2.45) is 76.9 Å². The molecule has 13 nitrogen and oxygen atoms in total. The number of aromatic nitrogens is 4. The van der Waals surface area contributed by atoms with E-state index in [4.69, 9.17) is 14.2 Å². The van der Waals surface area contributed by atoms with Crippen molar-refractivity contribution < 1.29 is 46.4 Å². The summed E-state index contributed by atoms with van der Waals surface area (Å²) >= 11 is 0. The summed E-state index contributed by atoms with van der Waals surface area (Å²) in [4.78, 5) is 0. The second kappa shape index (κ2) is 45.4. The standard InChI is InChI=1S/C14H27NO2.C14H21NO2.2C14H22N.C13H25NO2.C13H20N.C9H14N/c2*1-12(2)14-5-3-13(4-6-14)11-15(16)7-9-17-10-8-15;2*1-12(2)13-6-8-14(9-7-13)15-10-4-3-5-11-15;1-11(2)13-4-3-12(9-13)10-14(15)5-7-16-8-6-14;1-11(2)12-6-7-13(10-12)14-8-4-3-5-9-14;1-9(2)8-10-6-4-3-5-7-10/h12-14H,3-11H2,1-2H3;3-6,12H,7-11H2,1-2H3;2*3-5,10-14H,6-9H2,1-2H3;11-13H,3-10H2,1-2H3;3-5,8-9,11-13H,6-7,10H2,1-2H3;3-7,9H,8H2,1-2H3/q;;2*+1;;2*+1. The maximum Gasteiger partial charge on any atom is 0.169 e. The van der Waals surface area contributed by atoms with Crippen LogP contribution in [0.4, 0.5) is 0 Å². The Morgan fingerprint density at radius 3 is 1.00 bits per heavy atom. The number of pyridine rings is 4. The molecule has 582 valence electrons. The molecule has 0 radical (unpaired) electrons. The van der Waals surface area contributed by atoms with E-state index in [1.807, 2.05) is 6.07 Å². The zero-order valence-corrected chi connectivity index (χ0v) is 68.3. The SMILES string of the molecule is CC(C)C1CCC(C[N+]2([O-])CCOCC2)C1.CC(C)C1CCC(C[N+]2([O-])CCOCC2)CC1.CC(C)C1CCC([n+]2ccccc2)C1.CC(C)C1CCC([n+]2ccccc2)CC1.CC(C)C1CCC([n+]2ccccc2)CC1.CC(C)C[n+]1ccccc1.CC(C)c1ccc(C[N+]2([O-])CCOCC2)cc1. The van der Waals surface area contributed by atoms with Crippen LogP contribution >= 0.6 is 0 Å². The zero-order chi connectivity index (χ0) is 74.9. The van der Waals surface area contributed by atoms with Crippen molar-refractivity contribution in [1.82, 2.24) is 0 Å². The maximum absolute atomic E-state index is 12.5. The molecule has 5 saturated carbocycles. The van der Waals surface area contributed by atoms with Crippen LogP contribution in [0, 0.1) is 92.6 Å². The van der Waals surface area contributed by atoms with Gasteiger partial charge < -0.3 is 43.8 Å². The lowest BCUT2D eigenvalue weighted by Gasteiger charge is -2.48. The minimum atomic E-state index is -0.138. The topological polar surface area (TPSA) is 112 Å². The van der Waals surface area contributed by atoms with Crippen molar-refractivity contribution in [2.75, 3.05) is 92.0 Å². The predicted octanol–water partition coefficient (Wildman–Crippen LogP) is 19.2. The van der Waals surface area contributed by atoms with E-state index in [-0.39, 0.29) is 13.9 Å². The monoisotopic (exact) mass is 1440 g/mol. The third kappa shape index (κ3) is 31.2. The molecule has 0 N–H and O–H groups in total. The highest BCUT2D eigenvalue weighted by molar-refractivity contribution is 5.24. The van der Waals surface area contributed by atoms with Crippen LogP contribution in [0.3, 0.4) is 0 Å². The van der Waals surface area contributed by atoms with E-state index in [1.165, 1.54) is 121 Å². The Hall–Kier alpha value is -4.54. The Labute approximate surface area is 635 Å². The molecule has 1 aromatic carbocycles. The van der Waals surface area contributed by atoms with Gasteiger partial charge in [0.15, 0.2) is 74.2 Å². The Morgan fingerprint density at radius 1 is 0.337 bits per heavy atom. The Kier molecular flexibility index (Phi) is 37.9. The molecule has 104 heavy (non-hydrogen) atoms. The van der Waals surface area contributed by atoms with E-state index in [2.05, 4.69) is 256 Å². The lowest BCUT2D eigenvalue weighted by Crippen LogP contribution is -2.53. The van der Waals surface area contributed by atoms with Gasteiger partial charge in [-0.1, -0.05) is 145 Å². The number of hydrogen-bond donors (Lipinski definition) is 0. The van der Waals surface area contributed by atoms with Crippen LogP contribution < -0.4 is 18.3 Å². The van der Waals surface area contributed by atoms with Crippen LogP contribution in [0.1, 0.15) is 248 Å². The maximum atomic E-state index is 12.5. The Morgan fingerprint density at radius 2 is 0.644 bits per heavy atom. The third-order valence-corrected chi connectivity index (χ3v) is 25.1. The fraction of sp³-hybridized carbons (Fsp3) is 0.714. The fourth-order valence-electron chi connectivity index (χ4n) is 17.7. The molecule has 7 heterocycles. The van der Waals surface area contributed by atoms with Gasteiger partial charge in [-0.15, -0.1) is 0 Å². The van der Waals surface area contributed by atoms with Crippen molar-refractivity contribution in [2.45, 2.75) is 250 Å². The molecule has 0 bridgehead atoms. The Balaban J connectivity index is 0.000000170. The number of nitrogens with zero attached hydrogens (tertiary/aromatic N) is 7. The van der Waals surface area contributed by atoms with Gasteiger partial charge in [-0.2, -0.15) is 0 Å². The fourth-order valence-corrected chi connectivity index (χ4v) is 17.7. The molecular weight excluding hydrogens is 1290 g/mol. The first kappa shape index (κ1) is 86.7. The van der Waals surface area contributed by atoms with Crippen molar-refractivity contribution in [3.8, 4) is 0 Å². The number of morpholine rings is 3. The smallest absolute Gasteiger partial charge is 0.169 e. The quantitative estimate of drug-likeness (QED) is 0.0521. The highest BCUT2D eigenvalue weighted by Crippen LogP contribution is 2.40. The number of ether oxygens (including phenoxy) is 3. The van der Waals surface area contributed by atoms with Crippen LogP contribution in [0.25, 0.3) is 0 Å². The summed E-state index contributed by atoms with van der Waals surface area (Å²) in [5, 5.41) is 37.2. The van der Waals surface area contributed by atoms with Crippen molar-refractivity contribution >= 4 is 0 Å². The number of quaternary nitrogens is 3. The first-order chi connectivity index (χ1) is 49.9. The van der Waals surface area contributed by atoms with Crippen molar-refractivity contribution in [3.63, 3.8) is 0 Å². The summed E-state index contributed by atoms with van der Waals surface area (Å²) in [6.07, 6.45) is 41.7. The van der Waals surface area contributed by atoms with Crippen molar-refractivity contribution in [3.05, 3.63) is 173 Å². The van der Waals surface area contributed by atoms with E-state index in [9.17, 15) is 15.6 Å². The average molecular weight is 1440 g/mol. The predicted molar refractivity (Wildman–Crippen MR) is 427 cm³/mol. The highest BCUT2D eigenvalue weighted by Gasteiger charge is 2.36. The van der Waals surface area contributed by atoms with Crippen LogP contribution in [0.2, 0.25) is 0 Å². The number of benzene rings is 1. The summed E-state index contributed by atoms with van der Waals surface area (Å²) < 4.78 is 25.0. The molecule has 3 aliphatic heterocycles. The minimum Gasteiger partial charge on any atom is -0.633 e. The van der Waals surface area contributed by atoms with E-state index < -0.39 is 0 Å². The van der Waals surface area contributed by atoms with E-state index in [1.54, 1.807) is 0 Å². The Bertz CT molecular complexity index is 2900. The van der Waals surface area contributed by atoms with Gasteiger partial charge in [-0.05, 0) is 148 Å². The lowest BCUT2D eigenvalue weighted by atomic mass is 9.77. The summed E-state index contributed by atoms with van der Waals surface area (Å²) in [6.45, 7) is 43.2. The molecule has 8 fully saturated rings. The van der Waals surface area contributed by atoms with Gasteiger partial charge in [0.05, 0.1) is 52.7 Å². The molecule has 4 aromatic heterocycles. The molecule has 13 heteroatoms. The summed E-state index contributed by atoms with van der Waals surface area (Å²) in [7, 11) is 0. The van der Waals surface area contributed by atoms with E-state index >= 15 is 0 Å². The van der Waals surface area contributed by atoms with E-state index in [0.717, 1.165) is 108 Å². The van der Waals surface area contributed by atoms with Crippen molar-refractivity contribution in [1.29, 1.82) is 0 Å². The molecule has 0 amide bonds. The molecule has 0 spiro atoms. The van der Waals surface area contributed by atoms with Gasteiger partial charge in [0.2, 0.25) is 0 Å². The number of rotatable bonds is 17. The summed E-state index contributed by atoms with van der Waals surface area (Å²) in [5.41, 5.74) is 2.46. The lowest BCUT2D eigenvalue weighted by molar-refractivity contribution is -0.901. The molecule has 3 saturated heterocycles. The van der Waals surface area contributed by atoms with Crippen LogP contribution in [0.15, 0.2) is 147 Å². The molecule has 4 unspecified atom stereocenters. The van der Waals surface area contributed by atoms with Crippen LogP contribution in [-0.4, -0.2) is 106 Å². The summed E-state index contributed by atoms with van der Waals surface area (Å²) in [5.74, 6) is 11.4. The van der Waals surface area contributed by atoms with Gasteiger partial charge in [0.1, 0.15) is 45.8 Å². The van der Waals surface area contributed by atoms with Gasteiger partial charge in [0, 0.05) is 110 Å². The van der Waals surface area contributed by atoms with Crippen LogP contribution in [0.5, 0.6) is 0 Å². The van der Waals surface area contributed by atoms with Gasteiger partial charge >= 0.3 is 0 Å². The normalized spacial score (nSPS) is 26.4. The second-order valence-corrected chi connectivity index (χ2v) is 35.5. The molecular formula is C91H151N7O6+4. The van der Waals surface area contributed by atoms with E-state index in [0.29, 0.717) is 103 Å². The highest BCUT2D eigenvalue weighted by atomic mass is 16.6. The zero-order valence-electron chi connectivity index (χ0n) is 68.3. The molecule has 5 aliphatic carbocycles. The van der Waals surface area contributed by atoms with Gasteiger partial charge in [-0.3, -0.25) is 0 Å². The largest absolute Gasteiger partial charge is 0.633 e. The molecule has 5 aromatic rings. The molecule has 4 atom stereocenters. The first-order valence-corrected chi connectivity index (χ1v) is 42.2. The average Bonchev–Trinajstić information content (AvgIpc) is 1.48. The molecule has 13 rings (SSSR count). The third-order valence-electron chi connectivity index (χ3n) is 25.1. The number of hydrogen-bond acceptors (Lipinski definition) is 6. The second-order valence-electron chi connectivity index (χ2n) is 35.5. The van der Waals surface area contributed by atoms with Gasteiger partial charge in [0.25, 0.3) is 0 Å². The minimum absolute atomic E-state index is 0.00941.